The Bertz CT molecular complexity index is 1580. The Morgan fingerprint density at radius 3 is 2.12 bits per heavy atom. The Balaban J connectivity index is 0.00000370. The van der Waals surface area contributed by atoms with Crippen molar-refractivity contribution < 1.29 is 30.6 Å². The number of phenols is 1. The molecule has 0 amide bonds. The van der Waals surface area contributed by atoms with E-state index in [0.29, 0.717) is 28.8 Å². The Labute approximate surface area is 249 Å². The number of nitrogens with zero attached hydrogens (tertiary/aromatic N) is 3. The Kier molecular flexibility index (Phi) is 9.17. The molecule has 0 bridgehead atoms. The van der Waals surface area contributed by atoms with Gasteiger partial charge in [0.1, 0.15) is 11.6 Å². The molecule has 2 heterocycles. The van der Waals surface area contributed by atoms with E-state index >= 15 is 0 Å². The molecule has 4 nitrogen and oxygen atoms in total. The predicted octanol–water partition coefficient (Wildman–Crippen LogP) is 9.17. The summed E-state index contributed by atoms with van der Waals surface area (Å²) in [5.41, 5.74) is 6.61. The van der Waals surface area contributed by atoms with Crippen molar-refractivity contribution in [2.75, 3.05) is 4.90 Å². The van der Waals surface area contributed by atoms with E-state index in [9.17, 15) is 9.50 Å². The van der Waals surface area contributed by atoms with Crippen LogP contribution < -0.4 is 4.90 Å². The van der Waals surface area contributed by atoms with E-state index < -0.39 is 11.6 Å². The van der Waals surface area contributed by atoms with Gasteiger partial charge in [0.2, 0.25) is 0 Å². The molecular weight excluding hydrogens is 680 g/mol. The molecule has 0 unspecified atom stereocenters. The topological polar surface area (TPSA) is 49.2 Å². The van der Waals surface area contributed by atoms with E-state index in [1.807, 2.05) is 54.6 Å². The number of para-hydroxylation sites is 1. The van der Waals surface area contributed by atoms with Gasteiger partial charge in [0.25, 0.3) is 0 Å². The second kappa shape index (κ2) is 12.6. The van der Waals surface area contributed by atoms with E-state index in [2.05, 4.69) is 61.8 Å². The van der Waals surface area contributed by atoms with Crippen molar-refractivity contribution in [2.45, 2.75) is 39.5 Å². The van der Waals surface area contributed by atoms with Gasteiger partial charge in [-0.05, 0) is 71.1 Å². The fraction of sp³-hybridized carbons (Fsp3) is 0.176. The smallest absolute Gasteiger partial charge is 0.155 e. The summed E-state index contributed by atoms with van der Waals surface area (Å²) >= 11 is 0. The van der Waals surface area contributed by atoms with Gasteiger partial charge in [0.05, 0.1) is 11.4 Å². The zero-order valence-electron chi connectivity index (χ0n) is 22.9. The third-order valence-corrected chi connectivity index (χ3v) is 6.74. The second-order valence-electron chi connectivity index (χ2n) is 10.2. The molecule has 0 aliphatic carbocycles. The molecule has 3 aromatic carbocycles. The first kappa shape index (κ1) is 29.2. The van der Waals surface area contributed by atoms with E-state index in [-0.39, 0.29) is 21.1 Å². The maximum Gasteiger partial charge on any atom is 0.155 e. The van der Waals surface area contributed by atoms with Crippen LogP contribution in [-0.2, 0) is 21.1 Å². The van der Waals surface area contributed by atoms with Gasteiger partial charge in [-0.3, -0.25) is 4.98 Å². The monoisotopic (exact) mass is 711 g/mol. The third kappa shape index (κ3) is 6.16. The van der Waals surface area contributed by atoms with Gasteiger partial charge >= 0.3 is 0 Å². The van der Waals surface area contributed by atoms with Gasteiger partial charge in [-0.2, -0.15) is 0 Å². The summed E-state index contributed by atoms with van der Waals surface area (Å²) < 4.78 is 14.2. The first-order valence-electron chi connectivity index (χ1n) is 13.2. The average Bonchev–Trinajstić information content (AvgIpc) is 2.95. The molecule has 0 saturated heterocycles. The number of rotatable bonds is 7. The molecule has 0 fully saturated rings. The van der Waals surface area contributed by atoms with Crippen molar-refractivity contribution >= 4 is 17.2 Å². The minimum Gasteiger partial charge on any atom is -0.514 e. The van der Waals surface area contributed by atoms with Crippen LogP contribution in [0.15, 0.2) is 97.2 Å². The quantitative estimate of drug-likeness (QED) is 0.171. The molecule has 1 N–H and O–H groups in total. The Morgan fingerprint density at radius 2 is 1.45 bits per heavy atom. The van der Waals surface area contributed by atoms with Crippen molar-refractivity contribution in [1.29, 1.82) is 0 Å². The molecular formula is C34H31FN3OPt-. The van der Waals surface area contributed by atoms with Gasteiger partial charge in [0, 0.05) is 32.9 Å². The number of halogens is 1. The molecule has 5 aromatic rings. The number of anilines is 3. The van der Waals surface area contributed by atoms with Crippen molar-refractivity contribution in [3.63, 3.8) is 0 Å². The summed E-state index contributed by atoms with van der Waals surface area (Å²) in [6.07, 6.45) is 1.76. The first-order valence-corrected chi connectivity index (χ1v) is 13.2. The summed E-state index contributed by atoms with van der Waals surface area (Å²) in [5, 5.41) is 10.4. The maximum atomic E-state index is 14.2. The molecule has 0 spiro atoms. The van der Waals surface area contributed by atoms with Gasteiger partial charge in [-0.1, -0.05) is 63.6 Å². The average molecular weight is 712 g/mol. The molecule has 40 heavy (non-hydrogen) atoms. The fourth-order valence-electron chi connectivity index (χ4n) is 4.53. The SMILES string of the molecule is CC(C)c1cc(C(C)C)cc(N(c2[c-]c(-c3cccc(F)c3O)ccc2)c2cccc(-c3ccccn3)n2)c1.[Pt]. The first-order chi connectivity index (χ1) is 18.8. The van der Waals surface area contributed by atoms with Gasteiger partial charge < -0.3 is 10.0 Å². The molecule has 206 valence electrons. The number of benzene rings is 3. The van der Waals surface area contributed by atoms with Crippen LogP contribution in [0.1, 0.15) is 50.7 Å². The minimum atomic E-state index is -0.668. The minimum absolute atomic E-state index is 0. The summed E-state index contributed by atoms with van der Waals surface area (Å²) in [4.78, 5) is 11.6. The summed E-state index contributed by atoms with van der Waals surface area (Å²) in [6, 6.07) is 31.9. The molecule has 2 aromatic heterocycles. The van der Waals surface area contributed by atoms with Crippen LogP contribution >= 0.6 is 0 Å². The van der Waals surface area contributed by atoms with Gasteiger partial charge in [-0.25, -0.2) is 9.37 Å². The molecule has 6 heteroatoms. The summed E-state index contributed by atoms with van der Waals surface area (Å²) in [6.45, 7) is 8.75. The Morgan fingerprint density at radius 1 is 0.775 bits per heavy atom. The zero-order chi connectivity index (χ0) is 27.5. The van der Waals surface area contributed by atoms with Crippen molar-refractivity contribution in [3.8, 4) is 28.3 Å². The van der Waals surface area contributed by atoms with Gasteiger partial charge in [-0.15, -0.1) is 29.8 Å². The van der Waals surface area contributed by atoms with Crippen LogP contribution in [0, 0.1) is 11.9 Å². The molecule has 5 rings (SSSR count). The fourth-order valence-corrected chi connectivity index (χ4v) is 4.53. The molecule has 0 aliphatic rings. The number of aromatic hydroxyl groups is 1. The second-order valence-corrected chi connectivity index (χ2v) is 10.2. The van der Waals surface area contributed by atoms with E-state index in [0.717, 1.165) is 22.8 Å². The largest absolute Gasteiger partial charge is 0.514 e. The number of phenolic OH excluding ortho intramolecular Hbond substituents is 1. The Hall–Kier alpha value is -3.82. The van der Waals surface area contributed by atoms with Gasteiger partial charge in [0.15, 0.2) is 5.82 Å². The van der Waals surface area contributed by atoms with Crippen molar-refractivity contribution in [3.05, 3.63) is 120 Å². The molecule has 0 aliphatic heterocycles. The molecule has 0 saturated carbocycles. The predicted molar refractivity (Wildman–Crippen MR) is 156 cm³/mol. The van der Waals surface area contributed by atoms with E-state index in [4.69, 9.17) is 4.98 Å². The van der Waals surface area contributed by atoms with Crippen LogP contribution in [0.2, 0.25) is 0 Å². The zero-order valence-corrected chi connectivity index (χ0v) is 25.1. The van der Waals surface area contributed by atoms with E-state index in [1.54, 1.807) is 18.3 Å². The number of hydrogen-bond donors (Lipinski definition) is 1. The summed E-state index contributed by atoms with van der Waals surface area (Å²) in [5.74, 6) is 0.301. The van der Waals surface area contributed by atoms with Crippen LogP contribution in [0.5, 0.6) is 5.75 Å². The maximum absolute atomic E-state index is 14.2. The number of aromatic nitrogens is 2. The van der Waals surface area contributed by atoms with Crippen LogP contribution in [0.4, 0.5) is 21.6 Å². The summed E-state index contributed by atoms with van der Waals surface area (Å²) in [7, 11) is 0. The van der Waals surface area contributed by atoms with Crippen LogP contribution in [-0.4, -0.2) is 15.1 Å². The molecule has 0 radical (unpaired) electrons. The third-order valence-electron chi connectivity index (χ3n) is 6.74. The van der Waals surface area contributed by atoms with Crippen molar-refractivity contribution in [2.24, 2.45) is 0 Å². The number of hydrogen-bond acceptors (Lipinski definition) is 4. The normalized spacial score (nSPS) is 11.0. The van der Waals surface area contributed by atoms with E-state index in [1.165, 1.54) is 17.2 Å². The molecule has 0 atom stereocenters. The van der Waals surface area contributed by atoms with Crippen molar-refractivity contribution in [1.82, 2.24) is 9.97 Å². The van der Waals surface area contributed by atoms with Crippen LogP contribution in [0.3, 0.4) is 0 Å². The standard InChI is InChI=1S/C34H31FN3O.Pt/c1-22(2)25-18-26(23(3)4)21-28(20-25)38(33-16-9-15-32(37-33)31-14-5-6-17-36-31)27-11-7-10-24(19-27)29-12-8-13-30(35)34(29)39;/h5-18,20-23,39H,1-4H3;/q-1;. The van der Waals surface area contributed by atoms with Crippen LogP contribution in [0.25, 0.3) is 22.5 Å². The number of pyridine rings is 2.